The maximum atomic E-state index is 15.3. The van der Waals surface area contributed by atoms with Gasteiger partial charge in [-0.3, -0.25) is 9.59 Å². The van der Waals surface area contributed by atoms with Gasteiger partial charge in [-0.1, -0.05) is 18.2 Å². The maximum Gasteiger partial charge on any atom is 0.326 e. The quantitative estimate of drug-likeness (QED) is 0.299. The summed E-state index contributed by atoms with van der Waals surface area (Å²) >= 11 is 0. The molecule has 3 N–H and O–H groups in total. The zero-order valence-electron chi connectivity index (χ0n) is 23.7. The number of esters is 1. The molecule has 0 spiro atoms. The van der Waals surface area contributed by atoms with Crippen LogP contribution in [0.3, 0.4) is 0 Å². The van der Waals surface area contributed by atoms with Gasteiger partial charge in [-0.05, 0) is 76.4 Å². The lowest BCUT2D eigenvalue weighted by molar-refractivity contribution is -0.156. The lowest BCUT2D eigenvalue weighted by Gasteiger charge is -2.38. The highest BCUT2D eigenvalue weighted by atomic mass is 32.2. The van der Waals surface area contributed by atoms with Crippen molar-refractivity contribution in [2.75, 3.05) is 23.3 Å². The Bertz CT molecular complexity index is 1490. The predicted octanol–water partition coefficient (Wildman–Crippen LogP) is 3.46. The van der Waals surface area contributed by atoms with Gasteiger partial charge in [-0.25, -0.2) is 22.8 Å². The van der Waals surface area contributed by atoms with Gasteiger partial charge < -0.3 is 20.3 Å². The first kappa shape index (κ1) is 30.8. The summed E-state index contributed by atoms with van der Waals surface area (Å²) in [4.78, 5) is 36.2. The normalized spacial score (nSPS) is 16.4. The number of carbonyl (C=O) groups is 2. The fourth-order valence-electron chi connectivity index (χ4n) is 4.47. The molecule has 1 saturated heterocycles. The van der Waals surface area contributed by atoms with Gasteiger partial charge >= 0.3 is 5.97 Å². The maximum absolute atomic E-state index is 15.3. The van der Waals surface area contributed by atoms with Crippen molar-refractivity contribution >= 4 is 33.5 Å². The monoisotopic (exact) mass is 598 g/mol. The summed E-state index contributed by atoms with van der Waals surface area (Å²) < 4.78 is 48.7. The molecule has 0 radical (unpaired) electrons. The van der Waals surface area contributed by atoms with Crippen molar-refractivity contribution in [3.63, 3.8) is 0 Å². The van der Waals surface area contributed by atoms with Crippen LogP contribution in [-0.2, 0) is 19.6 Å². The molecule has 11 nitrogen and oxygen atoms in total. The second-order valence-electron chi connectivity index (χ2n) is 10.8. The molecule has 0 bridgehead atoms. The fraction of sp³-hybridized carbons (Fsp3) is 0.379. The second kappa shape index (κ2) is 13.3. The molecule has 0 saturated carbocycles. The van der Waals surface area contributed by atoms with Crippen LogP contribution in [-0.4, -0.2) is 61.2 Å². The van der Waals surface area contributed by atoms with Crippen molar-refractivity contribution in [3.05, 3.63) is 78.4 Å². The van der Waals surface area contributed by atoms with E-state index in [0.717, 1.165) is 19.3 Å². The number of aromatic nitrogens is 2. The van der Waals surface area contributed by atoms with Gasteiger partial charge in [0, 0.05) is 31.2 Å². The zero-order chi connectivity index (χ0) is 30.3. The van der Waals surface area contributed by atoms with E-state index in [9.17, 15) is 18.0 Å². The molecule has 3 aromatic rings. The minimum Gasteiger partial charge on any atom is -0.459 e. The Kier molecular flexibility index (Phi) is 9.74. The van der Waals surface area contributed by atoms with E-state index in [4.69, 9.17) is 4.74 Å². The Morgan fingerprint density at radius 2 is 1.79 bits per heavy atom. The number of piperidine rings is 1. The third-order valence-corrected chi connectivity index (χ3v) is 7.89. The Labute approximate surface area is 244 Å². The van der Waals surface area contributed by atoms with Crippen LogP contribution in [0.25, 0.3) is 0 Å². The number of hydrogen-bond acceptors (Lipinski definition) is 9. The molecular weight excluding hydrogens is 563 g/mol. The largest absolute Gasteiger partial charge is 0.459 e. The van der Waals surface area contributed by atoms with E-state index in [0.29, 0.717) is 18.2 Å². The highest BCUT2D eigenvalue weighted by Crippen LogP contribution is 2.27. The molecule has 2 atom stereocenters. The lowest BCUT2D eigenvalue weighted by Crippen LogP contribution is -2.50. The van der Waals surface area contributed by atoms with E-state index in [2.05, 4.69) is 25.3 Å². The molecule has 13 heteroatoms. The van der Waals surface area contributed by atoms with E-state index >= 15 is 4.39 Å². The number of nitrogens with one attached hydrogen (secondary N) is 3. The van der Waals surface area contributed by atoms with E-state index in [-0.39, 0.29) is 16.6 Å². The van der Waals surface area contributed by atoms with Crippen molar-refractivity contribution in [2.45, 2.75) is 62.7 Å². The van der Waals surface area contributed by atoms with Gasteiger partial charge in [-0.2, -0.15) is 4.72 Å². The Balaban J connectivity index is 1.47. The van der Waals surface area contributed by atoms with Gasteiger partial charge in [0.25, 0.3) is 5.91 Å². The van der Waals surface area contributed by atoms with Crippen molar-refractivity contribution < 1.29 is 27.1 Å². The van der Waals surface area contributed by atoms with Crippen LogP contribution in [0.1, 0.15) is 50.4 Å². The number of hydrogen-bond donors (Lipinski definition) is 3. The molecule has 1 aliphatic heterocycles. The SMILES string of the molecule is CC(C)(C)OC(=O)[C@H](CNC(=O)c1ccc(N2CCCCC2Nc2ncccn2)cc1F)NS(=O)(=O)c1ccccc1. The van der Waals surface area contributed by atoms with Crippen LogP contribution in [0.2, 0.25) is 0 Å². The summed E-state index contributed by atoms with van der Waals surface area (Å²) in [6.07, 6.45) is 5.81. The standard InChI is InChI=1S/C29H35FN6O5S/c1-29(2,3)41-27(38)24(35-42(39,40)21-10-5-4-6-11-21)19-33-26(37)22-14-13-20(18-23(22)30)36-17-8-7-12-25(36)34-28-31-15-9-16-32-28/h4-6,9-11,13-16,18,24-25,35H,7-8,12,17,19H2,1-3H3,(H,33,37)(H,31,32,34)/t24-,25?/m0/s1. The van der Waals surface area contributed by atoms with Crippen LogP contribution >= 0.6 is 0 Å². The number of halogens is 1. The Morgan fingerprint density at radius 1 is 1.07 bits per heavy atom. The van der Waals surface area contributed by atoms with E-state index < -0.39 is 45.9 Å². The second-order valence-corrected chi connectivity index (χ2v) is 12.5. The summed E-state index contributed by atoms with van der Waals surface area (Å²) in [5, 5.41) is 5.75. The van der Waals surface area contributed by atoms with Crippen LogP contribution in [0.5, 0.6) is 0 Å². The highest BCUT2D eigenvalue weighted by Gasteiger charge is 2.31. The third kappa shape index (κ3) is 8.23. The topological polar surface area (TPSA) is 143 Å². The minimum absolute atomic E-state index is 0.0594. The number of amides is 1. The first-order chi connectivity index (χ1) is 19.9. The Hall–Kier alpha value is -4.10. The number of ether oxygens (including phenoxy) is 1. The molecule has 1 amide bonds. The highest BCUT2D eigenvalue weighted by molar-refractivity contribution is 7.89. The number of nitrogens with zero attached hydrogens (tertiary/aromatic N) is 3. The van der Waals surface area contributed by atoms with Crippen molar-refractivity contribution in [1.82, 2.24) is 20.0 Å². The van der Waals surface area contributed by atoms with E-state index in [1.807, 2.05) is 4.90 Å². The average Bonchev–Trinajstić information content (AvgIpc) is 2.95. The minimum atomic E-state index is -4.12. The predicted molar refractivity (Wildman–Crippen MR) is 156 cm³/mol. The third-order valence-electron chi connectivity index (χ3n) is 6.40. The molecule has 1 aromatic heterocycles. The van der Waals surface area contributed by atoms with Gasteiger partial charge in [0.15, 0.2) is 0 Å². The molecule has 1 unspecified atom stereocenters. The first-order valence-electron chi connectivity index (χ1n) is 13.6. The summed E-state index contributed by atoms with van der Waals surface area (Å²) in [6, 6.07) is 12.0. The summed E-state index contributed by atoms with van der Waals surface area (Å²) in [7, 11) is -4.12. The summed E-state index contributed by atoms with van der Waals surface area (Å²) in [5.74, 6) is -1.99. The smallest absolute Gasteiger partial charge is 0.326 e. The molecule has 1 aliphatic rings. The zero-order valence-corrected chi connectivity index (χ0v) is 24.5. The number of rotatable bonds is 10. The van der Waals surface area contributed by atoms with Crippen LogP contribution in [0.15, 0.2) is 71.9 Å². The summed E-state index contributed by atoms with van der Waals surface area (Å²) in [6.45, 7) is 5.13. The van der Waals surface area contributed by atoms with Crippen molar-refractivity contribution in [2.24, 2.45) is 0 Å². The van der Waals surface area contributed by atoms with Crippen molar-refractivity contribution in [1.29, 1.82) is 0 Å². The molecule has 2 heterocycles. The van der Waals surface area contributed by atoms with Gasteiger partial charge in [0.2, 0.25) is 16.0 Å². The van der Waals surface area contributed by atoms with Gasteiger partial charge in [0.1, 0.15) is 23.6 Å². The fourth-order valence-corrected chi connectivity index (χ4v) is 5.68. The van der Waals surface area contributed by atoms with Gasteiger partial charge in [0.05, 0.1) is 10.5 Å². The molecule has 1 fully saturated rings. The molecule has 42 heavy (non-hydrogen) atoms. The van der Waals surface area contributed by atoms with Crippen molar-refractivity contribution in [3.8, 4) is 0 Å². The Morgan fingerprint density at radius 3 is 2.45 bits per heavy atom. The summed E-state index contributed by atoms with van der Waals surface area (Å²) in [5.41, 5.74) is -0.576. The molecule has 224 valence electrons. The van der Waals surface area contributed by atoms with Crippen LogP contribution in [0.4, 0.5) is 16.0 Å². The number of sulfonamides is 1. The molecule has 2 aromatic carbocycles. The van der Waals surface area contributed by atoms with E-state index in [1.165, 1.54) is 24.3 Å². The van der Waals surface area contributed by atoms with Crippen LogP contribution < -0.4 is 20.3 Å². The number of carbonyl (C=O) groups excluding carboxylic acids is 2. The van der Waals surface area contributed by atoms with Gasteiger partial charge in [-0.15, -0.1) is 0 Å². The number of anilines is 2. The molecule has 4 rings (SSSR count). The lowest BCUT2D eigenvalue weighted by atomic mass is 10.1. The number of benzene rings is 2. The van der Waals surface area contributed by atoms with Crippen LogP contribution in [0, 0.1) is 5.82 Å². The average molecular weight is 599 g/mol. The van der Waals surface area contributed by atoms with E-state index in [1.54, 1.807) is 63.5 Å². The first-order valence-corrected chi connectivity index (χ1v) is 15.1. The molecular formula is C29H35FN6O5S. The molecule has 0 aliphatic carbocycles.